The van der Waals surface area contributed by atoms with E-state index in [4.69, 9.17) is 18.9 Å². The minimum absolute atomic E-state index is 0.280. The van der Waals surface area contributed by atoms with Crippen molar-refractivity contribution in [1.29, 1.82) is 0 Å². The molecule has 0 saturated heterocycles. The van der Waals surface area contributed by atoms with Crippen LogP contribution in [0.2, 0.25) is 0 Å². The number of phenolic OH excluding ortho intramolecular Hbond substituents is 4. The van der Waals surface area contributed by atoms with Gasteiger partial charge in [-0.05, 0) is 243 Å². The Hall–Kier alpha value is -7.84. The highest BCUT2D eigenvalue weighted by molar-refractivity contribution is 5.49. The van der Waals surface area contributed by atoms with Gasteiger partial charge in [0.05, 0.1) is 0 Å². The summed E-state index contributed by atoms with van der Waals surface area (Å²) in [6.45, 7) is 15.8. The molecule has 0 heterocycles. The van der Waals surface area contributed by atoms with Gasteiger partial charge < -0.3 is 39.4 Å². The van der Waals surface area contributed by atoms with E-state index in [1.165, 1.54) is 0 Å². The molecule has 4 N–H and O–H groups in total. The highest BCUT2D eigenvalue weighted by Gasteiger charge is 2.44. The summed E-state index contributed by atoms with van der Waals surface area (Å²) < 4.78 is 27.2. The van der Waals surface area contributed by atoms with Gasteiger partial charge in [-0.25, -0.2) is 0 Å². The quantitative estimate of drug-likeness (QED) is 0.0708. The van der Waals surface area contributed by atoms with Crippen LogP contribution in [0.4, 0.5) is 0 Å². The third kappa shape index (κ3) is 11.0. The Balaban J connectivity index is 1.15. The smallest absolute Gasteiger partial charge is 0.508 e. The van der Waals surface area contributed by atoms with E-state index in [1.54, 1.807) is 24.3 Å². The molecule has 8 rings (SSSR count). The zero-order valence-electron chi connectivity index (χ0n) is 40.6. The number of benzene rings is 8. The van der Waals surface area contributed by atoms with Gasteiger partial charge in [0.25, 0.3) is 0 Å². The summed E-state index contributed by atoms with van der Waals surface area (Å²) in [5.74, 6) is 2.83. The number of ether oxygens (including phenoxy) is 4. The van der Waals surface area contributed by atoms with Crippen LogP contribution in [0.25, 0.3) is 0 Å². The summed E-state index contributed by atoms with van der Waals surface area (Å²) in [7, 11) is 0. The number of aromatic hydroxyl groups is 4. The van der Waals surface area contributed by atoms with Gasteiger partial charge >= 0.3 is 6.16 Å². The van der Waals surface area contributed by atoms with Gasteiger partial charge in [0.2, 0.25) is 0 Å². The molecule has 8 aromatic rings. The van der Waals surface area contributed by atoms with Crippen LogP contribution in [0.1, 0.15) is 89.0 Å². The fourth-order valence-corrected chi connectivity index (χ4v) is 8.50. The van der Waals surface area contributed by atoms with Crippen molar-refractivity contribution in [2.24, 2.45) is 0 Å². The van der Waals surface area contributed by atoms with Crippen LogP contribution in [0, 0.1) is 55.4 Å². The van der Waals surface area contributed by atoms with E-state index >= 15 is 0 Å². The van der Waals surface area contributed by atoms with Crippen LogP contribution in [0.3, 0.4) is 0 Å². The van der Waals surface area contributed by atoms with Crippen LogP contribution < -0.4 is 18.9 Å². The van der Waals surface area contributed by atoms with E-state index in [2.05, 4.69) is 0 Å². The van der Waals surface area contributed by atoms with Gasteiger partial charge in [-0.2, -0.15) is 0 Å². The Morgan fingerprint density at radius 2 is 0.449 bits per heavy atom. The Labute approximate surface area is 405 Å². The van der Waals surface area contributed by atoms with E-state index in [9.17, 15) is 20.4 Å². The highest BCUT2D eigenvalue weighted by atomic mass is 17.0. The summed E-state index contributed by atoms with van der Waals surface area (Å²) in [5.41, 5.74) is 16.2. The summed E-state index contributed by atoms with van der Waals surface area (Å²) in [6.07, 6.45) is 0.424. The average Bonchev–Trinajstić information content (AvgIpc) is 3.34. The van der Waals surface area contributed by atoms with Gasteiger partial charge in [0.15, 0.2) is 0 Å². The van der Waals surface area contributed by atoms with Gasteiger partial charge in [0, 0.05) is 0 Å². The van der Waals surface area contributed by atoms with E-state index in [-0.39, 0.29) is 23.0 Å². The van der Waals surface area contributed by atoms with Crippen LogP contribution in [-0.2, 0) is 25.7 Å². The second-order valence-electron chi connectivity index (χ2n) is 18.2. The molecular weight excluding hydrogens is 861 g/mol. The van der Waals surface area contributed by atoms with Crippen molar-refractivity contribution in [2.45, 2.75) is 87.2 Å². The molecule has 0 saturated carbocycles. The fourth-order valence-electron chi connectivity index (χ4n) is 8.50. The summed E-state index contributed by atoms with van der Waals surface area (Å²) in [4.78, 5) is 0. The van der Waals surface area contributed by atoms with E-state index < -0.39 is 6.16 Å². The first-order valence-corrected chi connectivity index (χ1v) is 23.3. The second-order valence-corrected chi connectivity index (χ2v) is 18.2. The summed E-state index contributed by atoms with van der Waals surface area (Å²) in [6, 6.07) is 45.6. The number of hydrogen-bond acceptors (Lipinski definition) is 8. The van der Waals surface area contributed by atoms with Gasteiger partial charge in [-0.1, -0.05) is 72.8 Å². The average molecular weight is 921 g/mol. The van der Waals surface area contributed by atoms with Crippen LogP contribution in [0.5, 0.6) is 46.0 Å². The molecule has 0 bridgehead atoms. The molecule has 0 aliphatic carbocycles. The predicted molar refractivity (Wildman–Crippen MR) is 273 cm³/mol. The lowest BCUT2D eigenvalue weighted by Crippen LogP contribution is -2.53. The Morgan fingerprint density at radius 1 is 0.261 bits per heavy atom. The molecule has 69 heavy (non-hydrogen) atoms. The topological polar surface area (TPSA) is 118 Å². The van der Waals surface area contributed by atoms with Gasteiger partial charge in [0.1, 0.15) is 46.0 Å². The number of hydrogen-bond donors (Lipinski definition) is 4. The second kappa shape index (κ2) is 20.2. The lowest BCUT2D eigenvalue weighted by Gasteiger charge is -2.32. The Morgan fingerprint density at radius 3 is 0.638 bits per heavy atom. The van der Waals surface area contributed by atoms with E-state index in [0.717, 1.165) is 89.0 Å². The zero-order chi connectivity index (χ0) is 49.0. The van der Waals surface area contributed by atoms with E-state index in [0.29, 0.717) is 48.7 Å². The number of phenols is 4. The fraction of sp³-hybridized carbons (Fsp3) is 0.213. The molecule has 0 fully saturated rings. The van der Waals surface area contributed by atoms with Crippen molar-refractivity contribution in [3.8, 4) is 46.0 Å². The minimum atomic E-state index is -2.20. The van der Waals surface area contributed by atoms with Crippen molar-refractivity contribution in [3.05, 3.63) is 235 Å². The summed E-state index contributed by atoms with van der Waals surface area (Å²) >= 11 is 0. The third-order valence-corrected chi connectivity index (χ3v) is 13.7. The van der Waals surface area contributed by atoms with E-state index in [1.807, 2.05) is 177 Å². The molecule has 0 radical (unpaired) electrons. The van der Waals surface area contributed by atoms with Crippen molar-refractivity contribution >= 4 is 0 Å². The molecule has 8 heteroatoms. The molecule has 0 aliphatic heterocycles. The lowest BCUT2D eigenvalue weighted by atomic mass is 9.97. The first-order chi connectivity index (χ1) is 33.0. The normalized spacial score (nSPS) is 11.4. The highest BCUT2D eigenvalue weighted by Crippen LogP contribution is 2.34. The minimum Gasteiger partial charge on any atom is -0.508 e. The monoisotopic (exact) mass is 920 g/mol. The standard InChI is InChI=1S/C61H60O8/c1-37-41(5)57(62)29-17-49(37)33-45-9-21-53(22-10-45)66-61(67-54-23-11-46(12-24-54)34-50-18-30-58(63)42(6)38(50)2,68-55-25-13-47(14-26-55)35-51-19-31-59(64)43(7)39(51)3)69-56-27-15-48(16-28-56)36-52-20-32-60(65)44(8)40(52)4/h9-32,62-65H,33-36H2,1-8H3. The maximum Gasteiger partial charge on any atom is 0.611 e. The molecule has 0 aromatic heterocycles. The molecule has 0 aliphatic rings. The van der Waals surface area contributed by atoms with Crippen molar-refractivity contribution in [1.82, 2.24) is 0 Å². The molecule has 0 unspecified atom stereocenters. The molecule has 352 valence electrons. The zero-order valence-corrected chi connectivity index (χ0v) is 40.6. The first-order valence-electron chi connectivity index (χ1n) is 23.3. The van der Waals surface area contributed by atoms with Crippen LogP contribution in [-0.4, -0.2) is 26.6 Å². The molecule has 0 amide bonds. The molecular formula is C61H60O8. The Bertz CT molecular complexity index is 2670. The molecule has 0 spiro atoms. The van der Waals surface area contributed by atoms with Crippen molar-refractivity contribution in [3.63, 3.8) is 0 Å². The Kier molecular flexibility index (Phi) is 13.9. The van der Waals surface area contributed by atoms with Gasteiger partial charge in [-0.15, -0.1) is 0 Å². The van der Waals surface area contributed by atoms with Crippen LogP contribution in [0.15, 0.2) is 146 Å². The van der Waals surface area contributed by atoms with Gasteiger partial charge in [-0.3, -0.25) is 0 Å². The third-order valence-electron chi connectivity index (χ3n) is 13.7. The first kappa shape index (κ1) is 47.6. The van der Waals surface area contributed by atoms with Crippen molar-refractivity contribution < 1.29 is 39.4 Å². The summed E-state index contributed by atoms with van der Waals surface area (Å²) in [5, 5.41) is 41.1. The largest absolute Gasteiger partial charge is 0.611 e. The SMILES string of the molecule is Cc1c(O)ccc(Cc2ccc(OC(Oc3ccc(Cc4ccc(O)c(C)c4C)cc3)(Oc3ccc(Cc4ccc(O)c(C)c4C)cc3)Oc3ccc(Cc4ccc(O)c(C)c4C)cc3)cc2)c1C. The predicted octanol–water partition coefficient (Wildman–Crippen LogP) is 13.6. The maximum absolute atomic E-state index is 10.3. The molecule has 8 aromatic carbocycles. The maximum atomic E-state index is 10.3. The van der Waals surface area contributed by atoms with Crippen LogP contribution >= 0.6 is 0 Å². The molecule has 8 nitrogen and oxygen atoms in total. The molecule has 0 atom stereocenters. The van der Waals surface area contributed by atoms with Crippen molar-refractivity contribution in [2.75, 3.05) is 0 Å². The number of rotatable bonds is 16. The lowest BCUT2D eigenvalue weighted by molar-refractivity contribution is -0.367.